The van der Waals surface area contributed by atoms with Crippen molar-refractivity contribution in [2.75, 3.05) is 5.73 Å². The summed E-state index contributed by atoms with van der Waals surface area (Å²) in [5.41, 5.74) is 8.74. The Hall–Kier alpha value is -1.40. The maximum absolute atomic E-state index is 5.96. The van der Waals surface area contributed by atoms with Gasteiger partial charge in [0.05, 0.1) is 6.54 Å². The number of aromatic nitrogens is 3. The number of imidazole rings is 1. The maximum Gasteiger partial charge on any atom is 0.202 e. The van der Waals surface area contributed by atoms with Crippen LogP contribution in [0.1, 0.15) is 10.4 Å². The Labute approximate surface area is 117 Å². The first-order valence-electron chi connectivity index (χ1n) is 5.45. The molecule has 3 aromatic heterocycles. The molecule has 0 saturated carbocycles. The Bertz CT molecular complexity index is 716. The van der Waals surface area contributed by atoms with Crippen molar-refractivity contribution in [3.05, 3.63) is 38.6 Å². The van der Waals surface area contributed by atoms with Crippen molar-refractivity contribution in [2.45, 2.75) is 13.5 Å². The molecule has 4 nitrogen and oxygen atoms in total. The fourth-order valence-electron chi connectivity index (χ4n) is 1.88. The zero-order valence-corrected chi connectivity index (χ0v) is 12.1. The molecule has 0 aliphatic carbocycles. The van der Waals surface area contributed by atoms with Gasteiger partial charge in [-0.05, 0) is 40.5 Å². The number of pyridine rings is 1. The van der Waals surface area contributed by atoms with E-state index in [1.54, 1.807) is 11.3 Å². The van der Waals surface area contributed by atoms with Crippen LogP contribution in [0, 0.1) is 6.92 Å². The van der Waals surface area contributed by atoms with E-state index in [1.807, 2.05) is 23.8 Å². The first-order chi connectivity index (χ1) is 8.63. The molecule has 0 aromatic carbocycles. The van der Waals surface area contributed by atoms with E-state index in [4.69, 9.17) is 5.73 Å². The number of hydrogen-bond donors (Lipinski definition) is 1. The van der Waals surface area contributed by atoms with Gasteiger partial charge in [0.15, 0.2) is 5.65 Å². The minimum Gasteiger partial charge on any atom is -0.369 e. The predicted molar refractivity (Wildman–Crippen MR) is 77.8 cm³/mol. The average molecular weight is 323 g/mol. The second-order valence-electron chi connectivity index (χ2n) is 4.14. The first-order valence-corrected chi connectivity index (χ1v) is 7.12. The molecule has 92 valence electrons. The summed E-state index contributed by atoms with van der Waals surface area (Å²) in [6.07, 6.45) is 1.84. The van der Waals surface area contributed by atoms with Crippen LogP contribution in [0.25, 0.3) is 11.2 Å². The van der Waals surface area contributed by atoms with Crippen LogP contribution in [0.15, 0.2) is 28.2 Å². The van der Waals surface area contributed by atoms with E-state index < -0.39 is 0 Å². The number of nitrogens with zero attached hydrogens (tertiary/aromatic N) is 3. The molecule has 0 fully saturated rings. The Morgan fingerprint density at radius 2 is 2.28 bits per heavy atom. The Morgan fingerprint density at radius 3 is 3.00 bits per heavy atom. The minimum absolute atomic E-state index is 0.507. The van der Waals surface area contributed by atoms with Crippen molar-refractivity contribution in [3.8, 4) is 0 Å². The second kappa shape index (κ2) is 4.37. The first kappa shape index (κ1) is 11.7. The fourth-order valence-corrected chi connectivity index (χ4v) is 3.32. The number of aryl methyl sites for hydroxylation is 1. The van der Waals surface area contributed by atoms with E-state index >= 15 is 0 Å². The average Bonchev–Trinajstić information content (AvgIpc) is 2.84. The highest BCUT2D eigenvalue weighted by Gasteiger charge is 2.10. The van der Waals surface area contributed by atoms with Crippen LogP contribution in [0.4, 0.5) is 5.95 Å². The third kappa shape index (κ3) is 2.02. The third-order valence-corrected chi connectivity index (χ3v) is 4.37. The van der Waals surface area contributed by atoms with Crippen molar-refractivity contribution in [1.29, 1.82) is 0 Å². The van der Waals surface area contributed by atoms with Crippen LogP contribution in [0.5, 0.6) is 0 Å². The lowest BCUT2D eigenvalue weighted by Crippen LogP contribution is -2.04. The van der Waals surface area contributed by atoms with Gasteiger partial charge in [-0.25, -0.2) is 9.97 Å². The van der Waals surface area contributed by atoms with Crippen LogP contribution in [-0.4, -0.2) is 14.5 Å². The zero-order chi connectivity index (χ0) is 12.7. The molecule has 0 radical (unpaired) electrons. The number of fused-ring (bicyclic) bond motifs is 1. The van der Waals surface area contributed by atoms with Gasteiger partial charge >= 0.3 is 0 Å². The summed E-state index contributed by atoms with van der Waals surface area (Å²) in [4.78, 5) is 9.98. The molecular weight excluding hydrogens is 312 g/mol. The molecule has 0 aliphatic rings. The van der Waals surface area contributed by atoms with Gasteiger partial charge in [0.2, 0.25) is 5.95 Å². The van der Waals surface area contributed by atoms with Gasteiger partial charge in [-0.15, -0.1) is 11.3 Å². The quantitative estimate of drug-likeness (QED) is 0.788. The molecule has 0 aliphatic heterocycles. The molecule has 3 aromatic rings. The number of rotatable bonds is 2. The number of hydrogen-bond acceptors (Lipinski definition) is 4. The van der Waals surface area contributed by atoms with Crippen molar-refractivity contribution in [1.82, 2.24) is 14.5 Å². The van der Waals surface area contributed by atoms with Crippen LogP contribution >= 0.6 is 27.3 Å². The zero-order valence-electron chi connectivity index (χ0n) is 9.72. The smallest absolute Gasteiger partial charge is 0.202 e. The highest BCUT2D eigenvalue weighted by Crippen LogP contribution is 2.24. The normalized spacial score (nSPS) is 11.2. The van der Waals surface area contributed by atoms with Crippen molar-refractivity contribution in [3.63, 3.8) is 0 Å². The van der Waals surface area contributed by atoms with E-state index in [9.17, 15) is 0 Å². The SMILES string of the molecule is Cc1cnc2c(c1)nc(N)n2Cc1cc(Br)cs1. The van der Waals surface area contributed by atoms with Crippen LogP contribution in [0.3, 0.4) is 0 Å². The minimum atomic E-state index is 0.507. The number of nitrogens with two attached hydrogens (primary N) is 1. The molecule has 0 amide bonds. The monoisotopic (exact) mass is 322 g/mol. The molecule has 18 heavy (non-hydrogen) atoms. The largest absolute Gasteiger partial charge is 0.369 e. The Morgan fingerprint density at radius 1 is 1.44 bits per heavy atom. The summed E-state index contributed by atoms with van der Waals surface area (Å²) in [6, 6.07) is 4.09. The van der Waals surface area contributed by atoms with Gasteiger partial charge < -0.3 is 5.73 Å². The fraction of sp³-hybridized carbons (Fsp3) is 0.167. The van der Waals surface area contributed by atoms with Gasteiger partial charge in [-0.2, -0.15) is 0 Å². The van der Waals surface area contributed by atoms with Crippen LogP contribution in [0.2, 0.25) is 0 Å². The second-order valence-corrected chi connectivity index (χ2v) is 6.05. The summed E-state index contributed by atoms with van der Waals surface area (Å²) in [6.45, 7) is 2.70. The van der Waals surface area contributed by atoms with Gasteiger partial charge in [0.25, 0.3) is 0 Å². The molecule has 0 unspecified atom stereocenters. The lowest BCUT2D eigenvalue weighted by molar-refractivity contribution is 0.841. The molecule has 2 N–H and O–H groups in total. The van der Waals surface area contributed by atoms with Crippen molar-refractivity contribution >= 4 is 44.4 Å². The maximum atomic E-state index is 5.96. The molecule has 0 atom stereocenters. The molecule has 0 spiro atoms. The summed E-state index contributed by atoms with van der Waals surface area (Å²) in [5, 5.41) is 2.06. The van der Waals surface area contributed by atoms with Crippen molar-refractivity contribution < 1.29 is 0 Å². The van der Waals surface area contributed by atoms with E-state index in [2.05, 4.69) is 37.3 Å². The number of nitrogen functional groups attached to an aromatic ring is 1. The van der Waals surface area contributed by atoms with Crippen molar-refractivity contribution in [2.24, 2.45) is 0 Å². The molecule has 0 saturated heterocycles. The number of halogens is 1. The van der Waals surface area contributed by atoms with Crippen LogP contribution < -0.4 is 5.73 Å². The summed E-state index contributed by atoms with van der Waals surface area (Å²) in [5.74, 6) is 0.507. The van der Waals surface area contributed by atoms with Gasteiger partial charge in [-0.1, -0.05) is 0 Å². The van der Waals surface area contributed by atoms with Crippen LogP contribution in [-0.2, 0) is 6.54 Å². The van der Waals surface area contributed by atoms with E-state index in [-0.39, 0.29) is 0 Å². The topological polar surface area (TPSA) is 56.7 Å². The molecule has 6 heteroatoms. The highest BCUT2D eigenvalue weighted by atomic mass is 79.9. The molecular formula is C12H11BrN4S. The van der Waals surface area contributed by atoms with Gasteiger partial charge in [0, 0.05) is 20.9 Å². The molecule has 3 heterocycles. The van der Waals surface area contributed by atoms with E-state index in [0.29, 0.717) is 12.5 Å². The van der Waals surface area contributed by atoms with Gasteiger partial charge in [0.1, 0.15) is 5.52 Å². The standard InChI is InChI=1S/C12H11BrN4S/c1-7-2-10-11(15-4-7)17(12(14)16-10)5-9-3-8(13)6-18-9/h2-4,6H,5H2,1H3,(H2,14,16). The lowest BCUT2D eigenvalue weighted by Gasteiger charge is -2.03. The van der Waals surface area contributed by atoms with Gasteiger partial charge in [-0.3, -0.25) is 4.57 Å². The van der Waals surface area contributed by atoms with E-state index in [1.165, 1.54) is 4.88 Å². The molecule has 3 rings (SSSR count). The summed E-state index contributed by atoms with van der Waals surface area (Å²) < 4.78 is 3.03. The Balaban J connectivity index is 2.08. The number of thiophene rings is 1. The predicted octanol–water partition coefficient (Wildman–Crippen LogP) is 3.19. The lowest BCUT2D eigenvalue weighted by atomic mass is 10.3. The summed E-state index contributed by atoms with van der Waals surface area (Å²) >= 11 is 5.14. The van der Waals surface area contributed by atoms with E-state index in [0.717, 1.165) is 21.2 Å². The summed E-state index contributed by atoms with van der Waals surface area (Å²) in [7, 11) is 0. The Kier molecular flexibility index (Phi) is 2.83. The molecule has 0 bridgehead atoms. The third-order valence-electron chi connectivity index (χ3n) is 2.69. The number of anilines is 1. The highest BCUT2D eigenvalue weighted by molar-refractivity contribution is 9.10.